The summed E-state index contributed by atoms with van der Waals surface area (Å²) in [6, 6.07) is 3.98. The predicted molar refractivity (Wildman–Crippen MR) is 114 cm³/mol. The molecule has 0 radical (unpaired) electrons. The summed E-state index contributed by atoms with van der Waals surface area (Å²) >= 11 is 0. The van der Waals surface area contributed by atoms with Crippen molar-refractivity contribution in [2.24, 2.45) is 0 Å². The van der Waals surface area contributed by atoms with Crippen LogP contribution in [0.4, 0.5) is 5.82 Å². The first kappa shape index (κ1) is 19.1. The van der Waals surface area contributed by atoms with Gasteiger partial charge in [0.25, 0.3) is 0 Å². The second-order valence-electron chi connectivity index (χ2n) is 7.97. The van der Waals surface area contributed by atoms with E-state index >= 15 is 0 Å². The highest BCUT2D eigenvalue weighted by Crippen LogP contribution is 2.43. The minimum atomic E-state index is -2.73. The summed E-state index contributed by atoms with van der Waals surface area (Å²) in [5, 5.41) is 12.2. The molecule has 1 saturated carbocycles. The number of aromatic amines is 1. The Morgan fingerprint density at radius 3 is 2.93 bits per heavy atom. The fraction of sp³-hybridized carbons (Fsp3) is 0.450. The number of morpholine rings is 1. The van der Waals surface area contributed by atoms with Crippen LogP contribution in [0.15, 0.2) is 24.5 Å². The number of nitrogens with zero attached hydrogens (tertiary/aromatic N) is 5. The quantitative estimate of drug-likeness (QED) is 0.620. The predicted octanol–water partition coefficient (Wildman–Crippen LogP) is 1.93. The summed E-state index contributed by atoms with van der Waals surface area (Å²) in [5.74, 6) is 7.90. The van der Waals surface area contributed by atoms with Crippen LogP contribution in [0.5, 0.6) is 0 Å². The lowest BCUT2D eigenvalue weighted by Crippen LogP contribution is -2.44. The second kappa shape index (κ2) is 6.82. The molecule has 0 bridgehead atoms. The van der Waals surface area contributed by atoms with Gasteiger partial charge in [0, 0.05) is 24.4 Å². The molecule has 0 spiro atoms. The summed E-state index contributed by atoms with van der Waals surface area (Å²) in [6.07, 6.45) is 6.29. The van der Waals surface area contributed by atoms with E-state index in [4.69, 9.17) is 14.5 Å². The number of anilines is 1. The van der Waals surface area contributed by atoms with Gasteiger partial charge in [-0.15, -0.1) is 0 Å². The van der Waals surface area contributed by atoms with Gasteiger partial charge < -0.3 is 9.64 Å². The Bertz CT molecular complexity index is 1260. The van der Waals surface area contributed by atoms with Crippen LogP contribution in [-0.2, 0) is 14.5 Å². The molecule has 2 atom stereocenters. The average Bonchev–Trinajstić information content (AvgIpc) is 3.13. The SMILES string of the molecule is C[C@@H]1COCCN1c1cc(C#CC2(S(C)(=N)=O)CC2)c2cnn(-c3ccn[nH]3)c2n1. The molecule has 1 saturated heterocycles. The molecular weight excluding hydrogens is 402 g/mol. The van der Waals surface area contributed by atoms with Crippen LogP contribution < -0.4 is 4.90 Å². The summed E-state index contributed by atoms with van der Waals surface area (Å²) < 4.78 is 27.0. The van der Waals surface area contributed by atoms with Gasteiger partial charge in [0.05, 0.1) is 46.8 Å². The normalized spacial score (nSPS) is 22.3. The number of aromatic nitrogens is 5. The zero-order valence-electron chi connectivity index (χ0n) is 16.9. The fourth-order valence-electron chi connectivity index (χ4n) is 3.75. The van der Waals surface area contributed by atoms with Crippen LogP contribution in [0, 0.1) is 16.6 Å². The van der Waals surface area contributed by atoms with E-state index in [1.807, 2.05) is 12.1 Å². The number of H-pyrrole nitrogens is 1. The zero-order chi connectivity index (χ0) is 20.9. The Labute approximate surface area is 174 Å². The Kier molecular flexibility index (Phi) is 4.34. The molecule has 3 aromatic heterocycles. The Morgan fingerprint density at radius 1 is 1.43 bits per heavy atom. The number of fused-ring (bicyclic) bond motifs is 1. The summed E-state index contributed by atoms with van der Waals surface area (Å²) in [5.41, 5.74) is 1.45. The van der Waals surface area contributed by atoms with Crippen LogP contribution in [-0.4, -0.2) is 66.0 Å². The van der Waals surface area contributed by atoms with Crippen molar-refractivity contribution in [3.05, 3.63) is 30.1 Å². The van der Waals surface area contributed by atoms with Gasteiger partial charge in [-0.2, -0.15) is 14.9 Å². The zero-order valence-corrected chi connectivity index (χ0v) is 17.7. The molecule has 30 heavy (non-hydrogen) atoms. The number of pyridine rings is 1. The fourth-order valence-corrected chi connectivity index (χ4v) is 4.88. The third-order valence-electron chi connectivity index (χ3n) is 5.78. The average molecular weight is 426 g/mol. The largest absolute Gasteiger partial charge is 0.377 e. The van der Waals surface area contributed by atoms with E-state index in [0.717, 1.165) is 23.3 Å². The molecule has 1 unspecified atom stereocenters. The van der Waals surface area contributed by atoms with Gasteiger partial charge in [-0.05, 0) is 25.8 Å². The van der Waals surface area contributed by atoms with Crippen molar-refractivity contribution in [1.29, 1.82) is 4.78 Å². The van der Waals surface area contributed by atoms with Crippen LogP contribution in [0.25, 0.3) is 16.9 Å². The standard InChI is InChI=1S/C20H23N7O2S/c1-14-13-29-10-9-26(14)18-11-15(3-5-20(6-7-20)30(2,21)28)16-12-23-27(19(16)24-18)17-4-8-22-25-17/h4,8,11-12,14,21H,6-7,9-10,13H2,1-2H3,(H,22,25)/t14-,30?/m1/s1. The number of rotatable bonds is 3. The number of ether oxygens (including phenoxy) is 1. The Balaban J connectivity index is 1.68. The molecule has 2 fully saturated rings. The van der Waals surface area contributed by atoms with Crippen molar-refractivity contribution in [2.45, 2.75) is 30.6 Å². The monoisotopic (exact) mass is 425 g/mol. The van der Waals surface area contributed by atoms with Crippen LogP contribution >= 0.6 is 0 Å². The molecule has 9 nitrogen and oxygen atoms in total. The van der Waals surface area contributed by atoms with Crippen molar-refractivity contribution < 1.29 is 8.95 Å². The first-order valence-corrected chi connectivity index (χ1v) is 11.8. The molecule has 0 aromatic carbocycles. The van der Waals surface area contributed by atoms with Gasteiger partial charge in [-0.25, -0.2) is 9.19 Å². The minimum Gasteiger partial charge on any atom is -0.377 e. The van der Waals surface area contributed by atoms with Gasteiger partial charge in [0.1, 0.15) is 10.6 Å². The van der Waals surface area contributed by atoms with Crippen molar-refractivity contribution in [1.82, 2.24) is 25.0 Å². The molecule has 4 heterocycles. The van der Waals surface area contributed by atoms with Gasteiger partial charge in [0.2, 0.25) is 0 Å². The highest BCUT2D eigenvalue weighted by Gasteiger charge is 2.48. The number of nitrogens with one attached hydrogen (secondary N) is 2. The van der Waals surface area contributed by atoms with Crippen molar-refractivity contribution in [3.63, 3.8) is 0 Å². The van der Waals surface area contributed by atoms with Crippen molar-refractivity contribution in [2.75, 3.05) is 30.9 Å². The lowest BCUT2D eigenvalue weighted by molar-refractivity contribution is 0.0985. The molecule has 5 rings (SSSR count). The molecule has 2 aliphatic rings. The van der Waals surface area contributed by atoms with E-state index in [0.29, 0.717) is 37.5 Å². The van der Waals surface area contributed by atoms with Gasteiger partial charge in [-0.3, -0.25) is 9.88 Å². The van der Waals surface area contributed by atoms with E-state index in [-0.39, 0.29) is 6.04 Å². The molecule has 10 heteroatoms. The summed E-state index contributed by atoms with van der Waals surface area (Å²) in [7, 11) is -2.73. The third-order valence-corrected chi connectivity index (χ3v) is 7.78. The molecule has 156 valence electrons. The molecule has 1 aliphatic heterocycles. The molecule has 1 aliphatic carbocycles. The molecule has 3 aromatic rings. The molecular formula is C20H23N7O2S. The number of hydrogen-bond acceptors (Lipinski definition) is 7. The first-order chi connectivity index (χ1) is 14.4. The smallest absolute Gasteiger partial charge is 0.168 e. The van der Waals surface area contributed by atoms with E-state index in [2.05, 4.69) is 39.0 Å². The van der Waals surface area contributed by atoms with Crippen molar-refractivity contribution in [3.8, 4) is 17.7 Å². The van der Waals surface area contributed by atoms with Gasteiger partial charge in [0.15, 0.2) is 11.5 Å². The lowest BCUT2D eigenvalue weighted by atomic mass is 10.1. The number of hydrogen-bond donors (Lipinski definition) is 2. The molecule has 2 N–H and O–H groups in total. The van der Waals surface area contributed by atoms with Crippen LogP contribution in [0.2, 0.25) is 0 Å². The van der Waals surface area contributed by atoms with Gasteiger partial charge in [-0.1, -0.05) is 11.8 Å². The lowest BCUT2D eigenvalue weighted by Gasteiger charge is -2.34. The van der Waals surface area contributed by atoms with Crippen LogP contribution in [0.1, 0.15) is 25.3 Å². The Hall–Kier alpha value is -2.90. The maximum absolute atomic E-state index is 12.4. The van der Waals surface area contributed by atoms with E-state index in [1.54, 1.807) is 17.1 Å². The Morgan fingerprint density at radius 2 is 2.27 bits per heavy atom. The minimum absolute atomic E-state index is 0.186. The third kappa shape index (κ3) is 3.14. The van der Waals surface area contributed by atoms with E-state index < -0.39 is 14.5 Å². The van der Waals surface area contributed by atoms with Crippen molar-refractivity contribution >= 4 is 26.6 Å². The first-order valence-electron chi connectivity index (χ1n) is 9.87. The van der Waals surface area contributed by atoms with Gasteiger partial charge >= 0.3 is 0 Å². The topological polar surface area (TPSA) is 113 Å². The highest BCUT2D eigenvalue weighted by molar-refractivity contribution is 7.93. The highest BCUT2D eigenvalue weighted by atomic mass is 32.2. The summed E-state index contributed by atoms with van der Waals surface area (Å²) in [4.78, 5) is 7.10. The van der Waals surface area contributed by atoms with E-state index in [1.165, 1.54) is 6.26 Å². The second-order valence-corrected chi connectivity index (χ2v) is 10.4. The maximum Gasteiger partial charge on any atom is 0.168 e. The summed E-state index contributed by atoms with van der Waals surface area (Å²) in [6.45, 7) is 4.13. The molecule has 0 amide bonds. The maximum atomic E-state index is 12.4. The van der Waals surface area contributed by atoms with E-state index in [9.17, 15) is 4.21 Å². The van der Waals surface area contributed by atoms with Crippen LogP contribution in [0.3, 0.4) is 0 Å².